The van der Waals surface area contributed by atoms with E-state index in [4.69, 9.17) is 0 Å². The van der Waals surface area contributed by atoms with Crippen molar-refractivity contribution in [2.45, 2.75) is 53.1 Å². The summed E-state index contributed by atoms with van der Waals surface area (Å²) in [5.74, 6) is 0.850. The molecule has 1 aromatic heterocycles. The Hall–Kier alpha value is -1.14. The first kappa shape index (κ1) is 18.9. The van der Waals surface area contributed by atoms with Crippen LogP contribution in [0.2, 0.25) is 0 Å². The van der Waals surface area contributed by atoms with Gasteiger partial charge >= 0.3 is 0 Å². The zero-order chi connectivity index (χ0) is 16.4. The molecule has 0 saturated heterocycles. The van der Waals surface area contributed by atoms with Gasteiger partial charge in [0.25, 0.3) is 0 Å². The van der Waals surface area contributed by atoms with E-state index in [1.807, 2.05) is 13.2 Å². The van der Waals surface area contributed by atoms with Crippen molar-refractivity contribution in [3.05, 3.63) is 16.1 Å². The van der Waals surface area contributed by atoms with Gasteiger partial charge in [-0.15, -0.1) is 11.3 Å². The highest BCUT2D eigenvalue weighted by molar-refractivity contribution is 7.11. The van der Waals surface area contributed by atoms with Gasteiger partial charge in [-0.25, -0.2) is 4.98 Å². The van der Waals surface area contributed by atoms with Crippen molar-refractivity contribution >= 4 is 17.3 Å². The van der Waals surface area contributed by atoms with Gasteiger partial charge in [0.1, 0.15) is 5.01 Å². The number of aliphatic imine (C=N–C) groups is 1. The molecule has 0 amide bonds. The molecule has 5 nitrogen and oxygen atoms in total. The number of aryl methyl sites for hydroxylation is 1. The third kappa shape index (κ3) is 7.22. The maximum absolute atomic E-state index is 4.36. The number of nitrogens with zero attached hydrogens (tertiary/aromatic N) is 3. The Kier molecular flexibility index (Phi) is 9.08. The van der Waals surface area contributed by atoms with Gasteiger partial charge in [0.15, 0.2) is 5.96 Å². The molecule has 126 valence electrons. The van der Waals surface area contributed by atoms with Crippen LogP contribution in [0.3, 0.4) is 0 Å². The van der Waals surface area contributed by atoms with E-state index in [0.717, 1.165) is 37.0 Å². The van der Waals surface area contributed by atoms with Gasteiger partial charge in [0.05, 0.1) is 6.54 Å². The summed E-state index contributed by atoms with van der Waals surface area (Å²) in [6.07, 6.45) is 4.26. The van der Waals surface area contributed by atoms with Gasteiger partial charge in [0.2, 0.25) is 0 Å². The van der Waals surface area contributed by atoms with Crippen LogP contribution in [0.5, 0.6) is 0 Å². The van der Waals surface area contributed by atoms with E-state index in [9.17, 15) is 0 Å². The summed E-state index contributed by atoms with van der Waals surface area (Å²) < 4.78 is 0. The molecular weight excluding hydrogens is 294 g/mol. The summed E-state index contributed by atoms with van der Waals surface area (Å²) in [4.78, 5) is 12.3. The molecule has 0 fully saturated rings. The van der Waals surface area contributed by atoms with Crippen molar-refractivity contribution in [3.63, 3.8) is 0 Å². The van der Waals surface area contributed by atoms with Crippen molar-refractivity contribution < 1.29 is 0 Å². The zero-order valence-corrected chi connectivity index (χ0v) is 15.5. The summed E-state index contributed by atoms with van der Waals surface area (Å²) >= 11 is 1.72. The van der Waals surface area contributed by atoms with E-state index in [1.165, 1.54) is 17.8 Å². The fraction of sp³-hybridized carbons (Fsp3) is 0.750. The first-order valence-corrected chi connectivity index (χ1v) is 9.01. The molecule has 1 aromatic rings. The fourth-order valence-electron chi connectivity index (χ4n) is 2.30. The predicted molar refractivity (Wildman–Crippen MR) is 96.7 cm³/mol. The van der Waals surface area contributed by atoms with Crippen molar-refractivity contribution in [1.29, 1.82) is 0 Å². The van der Waals surface area contributed by atoms with Gasteiger partial charge < -0.3 is 15.5 Å². The van der Waals surface area contributed by atoms with E-state index in [1.54, 1.807) is 11.3 Å². The smallest absolute Gasteiger partial charge is 0.191 e. The second-order valence-corrected chi connectivity index (χ2v) is 6.82. The molecule has 22 heavy (non-hydrogen) atoms. The van der Waals surface area contributed by atoms with E-state index in [2.05, 4.69) is 53.2 Å². The minimum atomic E-state index is 0.416. The maximum Gasteiger partial charge on any atom is 0.191 e. The van der Waals surface area contributed by atoms with Gasteiger partial charge in [0, 0.05) is 24.2 Å². The highest BCUT2D eigenvalue weighted by atomic mass is 32.1. The lowest BCUT2D eigenvalue weighted by Gasteiger charge is -2.21. The van der Waals surface area contributed by atoms with Crippen LogP contribution in [0.15, 0.2) is 11.2 Å². The van der Waals surface area contributed by atoms with Crippen LogP contribution in [0.25, 0.3) is 0 Å². The minimum Gasteiger partial charge on any atom is -0.354 e. The minimum absolute atomic E-state index is 0.416. The molecule has 0 aliphatic heterocycles. The number of guanidine groups is 1. The Labute approximate surface area is 139 Å². The highest BCUT2D eigenvalue weighted by Gasteiger charge is 2.07. The molecule has 2 N–H and O–H groups in total. The molecule has 0 saturated carbocycles. The van der Waals surface area contributed by atoms with Crippen LogP contribution in [0, 0.1) is 6.92 Å². The lowest BCUT2D eigenvalue weighted by Crippen LogP contribution is -2.42. The van der Waals surface area contributed by atoms with E-state index < -0.39 is 0 Å². The zero-order valence-electron chi connectivity index (χ0n) is 14.6. The molecule has 0 bridgehead atoms. The number of nitrogens with one attached hydrogen (secondary N) is 2. The van der Waals surface area contributed by atoms with Crippen molar-refractivity contribution in [2.24, 2.45) is 4.99 Å². The molecule has 0 radical (unpaired) electrons. The van der Waals surface area contributed by atoms with E-state index in [0.29, 0.717) is 6.04 Å². The van der Waals surface area contributed by atoms with Gasteiger partial charge in [-0.05, 0) is 46.3 Å². The van der Waals surface area contributed by atoms with Crippen LogP contribution >= 0.6 is 11.3 Å². The number of aromatic nitrogens is 1. The first-order valence-electron chi connectivity index (χ1n) is 8.19. The monoisotopic (exact) mass is 325 g/mol. The van der Waals surface area contributed by atoms with Gasteiger partial charge in [-0.1, -0.05) is 13.8 Å². The lowest BCUT2D eigenvalue weighted by atomic mass is 10.2. The second kappa shape index (κ2) is 10.6. The average molecular weight is 326 g/mol. The molecule has 0 aromatic carbocycles. The predicted octanol–water partition coefficient (Wildman–Crippen LogP) is 2.63. The first-order chi connectivity index (χ1) is 10.6. The quantitative estimate of drug-likeness (QED) is 0.541. The highest BCUT2D eigenvalue weighted by Crippen LogP contribution is 2.10. The van der Waals surface area contributed by atoms with Crippen molar-refractivity contribution in [3.8, 4) is 0 Å². The Morgan fingerprint density at radius 1 is 1.41 bits per heavy atom. The molecule has 1 atom stereocenters. The molecule has 0 spiro atoms. The number of hydrogen-bond acceptors (Lipinski definition) is 4. The average Bonchev–Trinajstić information content (AvgIpc) is 2.93. The maximum atomic E-state index is 4.36. The van der Waals surface area contributed by atoms with E-state index in [-0.39, 0.29) is 0 Å². The Morgan fingerprint density at radius 2 is 2.14 bits per heavy atom. The summed E-state index contributed by atoms with van der Waals surface area (Å²) in [6.45, 7) is 12.9. The number of rotatable bonds is 9. The molecular formula is C16H31N5S. The summed E-state index contributed by atoms with van der Waals surface area (Å²) in [7, 11) is 1.81. The Balaban J connectivity index is 2.26. The van der Waals surface area contributed by atoms with Crippen LogP contribution < -0.4 is 10.6 Å². The summed E-state index contributed by atoms with van der Waals surface area (Å²) in [6, 6.07) is 0.416. The van der Waals surface area contributed by atoms with Crippen molar-refractivity contribution in [2.75, 3.05) is 26.7 Å². The molecule has 6 heteroatoms. The van der Waals surface area contributed by atoms with Crippen LogP contribution in [0.4, 0.5) is 0 Å². The van der Waals surface area contributed by atoms with Crippen LogP contribution in [0.1, 0.15) is 43.5 Å². The van der Waals surface area contributed by atoms with Gasteiger partial charge in [-0.2, -0.15) is 0 Å². The van der Waals surface area contributed by atoms with Gasteiger partial charge in [-0.3, -0.25) is 4.99 Å². The second-order valence-electron chi connectivity index (χ2n) is 5.50. The summed E-state index contributed by atoms with van der Waals surface area (Å²) in [5.41, 5.74) is 0. The number of hydrogen-bond donors (Lipinski definition) is 2. The summed E-state index contributed by atoms with van der Waals surface area (Å²) in [5, 5.41) is 7.87. The standard InChI is InChI=1S/C16H31N5S/c1-6-21(7-2)10-8-9-13(3)20-16(17-5)19-12-15-18-11-14(4)22-15/h11,13H,6-10,12H2,1-5H3,(H2,17,19,20). The normalized spacial score (nSPS) is 13.5. The van der Waals surface area contributed by atoms with Crippen LogP contribution in [-0.4, -0.2) is 48.6 Å². The van der Waals surface area contributed by atoms with Crippen LogP contribution in [-0.2, 0) is 6.54 Å². The third-order valence-corrected chi connectivity index (χ3v) is 4.60. The van der Waals surface area contributed by atoms with E-state index >= 15 is 0 Å². The molecule has 0 aliphatic carbocycles. The molecule has 1 heterocycles. The Bertz CT molecular complexity index is 439. The lowest BCUT2D eigenvalue weighted by molar-refractivity contribution is 0.292. The number of thiazole rings is 1. The fourth-order valence-corrected chi connectivity index (χ4v) is 3.03. The molecule has 1 rings (SSSR count). The molecule has 1 unspecified atom stereocenters. The molecule has 0 aliphatic rings. The topological polar surface area (TPSA) is 52.5 Å². The SMILES string of the molecule is CCN(CC)CCCC(C)NC(=NC)NCc1ncc(C)s1. The third-order valence-electron chi connectivity index (χ3n) is 3.69. The largest absolute Gasteiger partial charge is 0.354 e. The Morgan fingerprint density at radius 3 is 2.68 bits per heavy atom. The van der Waals surface area contributed by atoms with Crippen molar-refractivity contribution in [1.82, 2.24) is 20.5 Å².